The van der Waals surface area contributed by atoms with Crippen molar-refractivity contribution >= 4 is 23.2 Å². The van der Waals surface area contributed by atoms with Gasteiger partial charge in [-0.25, -0.2) is 4.39 Å². The molecule has 184 valence electrons. The summed E-state index contributed by atoms with van der Waals surface area (Å²) in [6.07, 6.45) is 0.749. The molecule has 0 bridgehead atoms. The van der Waals surface area contributed by atoms with Gasteiger partial charge in [-0.2, -0.15) is 0 Å². The lowest BCUT2D eigenvalue weighted by Crippen LogP contribution is -2.48. The molecule has 4 rings (SSSR count). The second-order valence-corrected chi connectivity index (χ2v) is 9.46. The Bertz CT molecular complexity index is 1180. The highest BCUT2D eigenvalue weighted by Crippen LogP contribution is 2.34. The van der Waals surface area contributed by atoms with Crippen LogP contribution in [0.1, 0.15) is 32.4 Å². The van der Waals surface area contributed by atoms with Gasteiger partial charge in [0.15, 0.2) is 0 Å². The van der Waals surface area contributed by atoms with Crippen LogP contribution in [0.4, 0.5) is 4.39 Å². The number of halogens is 1. The van der Waals surface area contributed by atoms with Gasteiger partial charge in [-0.15, -0.1) is 11.3 Å². The Morgan fingerprint density at radius 2 is 2.00 bits per heavy atom. The van der Waals surface area contributed by atoms with Crippen LogP contribution in [0.5, 0.6) is 5.75 Å². The second kappa shape index (κ2) is 11.5. The van der Waals surface area contributed by atoms with Crippen molar-refractivity contribution in [3.05, 3.63) is 87.4 Å². The van der Waals surface area contributed by atoms with E-state index in [1.165, 1.54) is 17.0 Å². The summed E-state index contributed by atoms with van der Waals surface area (Å²) in [6, 6.07) is 15.0. The van der Waals surface area contributed by atoms with Crippen molar-refractivity contribution < 1.29 is 23.5 Å². The molecule has 1 atom stereocenters. The first-order valence-corrected chi connectivity index (χ1v) is 12.4. The maximum absolute atomic E-state index is 13.6. The average Bonchev–Trinajstić information content (AvgIpc) is 3.34. The number of carbonyl (C=O) groups is 2. The highest BCUT2D eigenvalue weighted by atomic mass is 32.1. The lowest BCUT2D eigenvalue weighted by atomic mass is 10.00. The van der Waals surface area contributed by atoms with Crippen LogP contribution in [0.3, 0.4) is 0 Å². The SMILES string of the molecule is COCCN(CC(=O)N1CCc2sccc2[C@@H]1COc1cccc(F)c1)C(=O)c1ccccc1C. The van der Waals surface area contributed by atoms with Crippen molar-refractivity contribution in [1.82, 2.24) is 9.80 Å². The number of hydrogen-bond donors (Lipinski definition) is 0. The number of ether oxygens (including phenoxy) is 2. The van der Waals surface area contributed by atoms with Crippen LogP contribution in [-0.4, -0.2) is 61.6 Å². The van der Waals surface area contributed by atoms with Crippen LogP contribution in [0.15, 0.2) is 60.0 Å². The molecule has 0 saturated heterocycles. The van der Waals surface area contributed by atoms with Gasteiger partial charge in [-0.3, -0.25) is 9.59 Å². The number of fused-ring (bicyclic) bond motifs is 1. The number of rotatable bonds is 9. The summed E-state index contributed by atoms with van der Waals surface area (Å²) in [5.74, 6) is -0.322. The fourth-order valence-corrected chi connectivity index (χ4v) is 5.23. The lowest BCUT2D eigenvalue weighted by molar-refractivity contribution is -0.135. The molecule has 2 heterocycles. The monoisotopic (exact) mass is 496 g/mol. The molecule has 1 aliphatic rings. The largest absolute Gasteiger partial charge is 0.491 e. The third kappa shape index (κ3) is 5.89. The minimum Gasteiger partial charge on any atom is -0.491 e. The van der Waals surface area contributed by atoms with Crippen LogP contribution >= 0.6 is 11.3 Å². The fraction of sp³-hybridized carbons (Fsp3) is 0.333. The molecule has 8 heteroatoms. The zero-order chi connectivity index (χ0) is 24.8. The first-order chi connectivity index (χ1) is 17.0. The van der Waals surface area contributed by atoms with Crippen molar-refractivity contribution in [3.8, 4) is 5.75 Å². The van der Waals surface area contributed by atoms with E-state index in [0.29, 0.717) is 31.0 Å². The average molecular weight is 497 g/mol. The third-order valence-electron chi connectivity index (χ3n) is 6.17. The third-order valence-corrected chi connectivity index (χ3v) is 7.17. The smallest absolute Gasteiger partial charge is 0.254 e. The van der Waals surface area contributed by atoms with Crippen LogP contribution in [-0.2, 0) is 16.0 Å². The van der Waals surface area contributed by atoms with Gasteiger partial charge in [0.1, 0.15) is 24.7 Å². The van der Waals surface area contributed by atoms with Gasteiger partial charge in [0.25, 0.3) is 5.91 Å². The molecule has 0 aliphatic carbocycles. The number of nitrogens with zero attached hydrogens (tertiary/aromatic N) is 2. The van der Waals surface area contributed by atoms with Crippen LogP contribution in [0, 0.1) is 12.7 Å². The molecule has 6 nitrogen and oxygen atoms in total. The van der Waals surface area contributed by atoms with E-state index in [1.807, 2.05) is 36.6 Å². The maximum Gasteiger partial charge on any atom is 0.254 e. The Hall–Kier alpha value is -3.23. The van der Waals surface area contributed by atoms with Gasteiger partial charge < -0.3 is 19.3 Å². The molecule has 1 aliphatic heterocycles. The molecule has 2 aromatic carbocycles. The van der Waals surface area contributed by atoms with E-state index in [1.54, 1.807) is 46.4 Å². The Morgan fingerprint density at radius 1 is 1.17 bits per heavy atom. The molecular formula is C27H29FN2O4S. The van der Waals surface area contributed by atoms with E-state index in [2.05, 4.69) is 0 Å². The van der Waals surface area contributed by atoms with Crippen LogP contribution < -0.4 is 4.74 Å². The normalized spacial score (nSPS) is 14.9. The summed E-state index contributed by atoms with van der Waals surface area (Å²) in [6.45, 7) is 3.17. The van der Waals surface area contributed by atoms with Crippen molar-refractivity contribution in [2.75, 3.05) is 40.0 Å². The van der Waals surface area contributed by atoms with E-state index < -0.39 is 0 Å². The number of thiophene rings is 1. The van der Waals surface area contributed by atoms with E-state index in [-0.39, 0.29) is 36.8 Å². The Balaban J connectivity index is 1.53. The predicted molar refractivity (Wildman–Crippen MR) is 133 cm³/mol. The van der Waals surface area contributed by atoms with Gasteiger partial charge in [-0.1, -0.05) is 24.3 Å². The van der Waals surface area contributed by atoms with E-state index >= 15 is 0 Å². The molecule has 0 fully saturated rings. The van der Waals surface area contributed by atoms with Crippen LogP contribution in [0.2, 0.25) is 0 Å². The molecule has 3 aromatic rings. The van der Waals surface area contributed by atoms with Crippen molar-refractivity contribution in [3.63, 3.8) is 0 Å². The number of methoxy groups -OCH3 is 1. The van der Waals surface area contributed by atoms with Crippen molar-refractivity contribution in [2.45, 2.75) is 19.4 Å². The number of amides is 2. The lowest BCUT2D eigenvalue weighted by Gasteiger charge is -2.37. The minimum atomic E-state index is -0.376. The van der Waals surface area contributed by atoms with Crippen molar-refractivity contribution in [2.24, 2.45) is 0 Å². The predicted octanol–water partition coefficient (Wildman–Crippen LogP) is 4.49. The number of carbonyl (C=O) groups excluding carboxylic acids is 2. The molecule has 35 heavy (non-hydrogen) atoms. The minimum absolute atomic E-state index is 0.0630. The molecule has 2 amide bonds. The first-order valence-electron chi connectivity index (χ1n) is 11.6. The fourth-order valence-electron chi connectivity index (χ4n) is 4.30. The quantitative estimate of drug-likeness (QED) is 0.438. The topological polar surface area (TPSA) is 59.1 Å². The second-order valence-electron chi connectivity index (χ2n) is 8.45. The highest BCUT2D eigenvalue weighted by molar-refractivity contribution is 7.10. The Morgan fingerprint density at radius 3 is 2.77 bits per heavy atom. The van der Waals surface area contributed by atoms with E-state index in [4.69, 9.17) is 9.47 Å². The van der Waals surface area contributed by atoms with E-state index in [0.717, 1.165) is 17.5 Å². The van der Waals surface area contributed by atoms with Crippen LogP contribution in [0.25, 0.3) is 0 Å². The first kappa shape index (κ1) is 24.9. The molecule has 0 spiro atoms. The van der Waals surface area contributed by atoms with E-state index in [9.17, 15) is 14.0 Å². The zero-order valence-corrected chi connectivity index (χ0v) is 20.7. The number of aryl methyl sites for hydroxylation is 1. The molecule has 0 saturated carbocycles. The van der Waals surface area contributed by atoms with Gasteiger partial charge in [0.2, 0.25) is 5.91 Å². The maximum atomic E-state index is 13.6. The standard InChI is InChI=1S/C27H29FN2O4S/c1-19-6-3-4-9-22(19)27(32)29(13-14-33-2)17-26(31)30-12-10-25-23(11-15-35-25)24(30)18-34-21-8-5-7-20(28)16-21/h3-9,11,15-16,24H,10,12-14,17-18H2,1-2H3/t24-/m0/s1. The van der Waals surface area contributed by atoms with Gasteiger partial charge in [0.05, 0.1) is 12.6 Å². The molecule has 1 aromatic heterocycles. The molecule has 0 N–H and O–H groups in total. The zero-order valence-electron chi connectivity index (χ0n) is 19.9. The summed E-state index contributed by atoms with van der Waals surface area (Å²) < 4.78 is 24.7. The molecule has 0 unspecified atom stereocenters. The molecular weight excluding hydrogens is 467 g/mol. The number of hydrogen-bond acceptors (Lipinski definition) is 5. The summed E-state index contributed by atoms with van der Waals surface area (Å²) in [7, 11) is 1.57. The van der Waals surface area contributed by atoms with Crippen molar-refractivity contribution in [1.29, 1.82) is 0 Å². The summed E-state index contributed by atoms with van der Waals surface area (Å²) in [4.78, 5) is 31.4. The summed E-state index contributed by atoms with van der Waals surface area (Å²) in [5, 5.41) is 2.01. The molecule has 0 radical (unpaired) electrons. The van der Waals surface area contributed by atoms with Gasteiger partial charge in [0, 0.05) is 36.7 Å². The van der Waals surface area contributed by atoms with Gasteiger partial charge >= 0.3 is 0 Å². The Labute approximate surface area is 208 Å². The Kier molecular flexibility index (Phi) is 8.15. The van der Waals surface area contributed by atoms with Gasteiger partial charge in [-0.05, 0) is 54.1 Å². The highest BCUT2D eigenvalue weighted by Gasteiger charge is 2.33. The summed E-state index contributed by atoms with van der Waals surface area (Å²) >= 11 is 1.66. The summed E-state index contributed by atoms with van der Waals surface area (Å²) in [5.41, 5.74) is 2.47. The number of benzene rings is 2.